The predicted octanol–water partition coefficient (Wildman–Crippen LogP) is 3.78. The van der Waals surface area contributed by atoms with Gasteiger partial charge in [0.25, 0.3) is 0 Å². The molecule has 4 rings (SSSR count). The summed E-state index contributed by atoms with van der Waals surface area (Å²) in [7, 11) is -3.42. The van der Waals surface area contributed by atoms with Crippen LogP contribution in [0.1, 0.15) is 37.8 Å². The van der Waals surface area contributed by atoms with Crippen LogP contribution in [-0.2, 0) is 14.8 Å². The Morgan fingerprint density at radius 1 is 1.32 bits per heavy atom. The van der Waals surface area contributed by atoms with Gasteiger partial charge < -0.3 is 5.32 Å². The molecule has 1 aliphatic rings. The largest absolute Gasteiger partial charge is 0.323 e. The van der Waals surface area contributed by atoms with Crippen molar-refractivity contribution in [1.82, 2.24) is 15.0 Å². The van der Waals surface area contributed by atoms with Gasteiger partial charge in [-0.2, -0.15) is 0 Å². The third-order valence-corrected chi connectivity index (χ3v) is 7.61. The van der Waals surface area contributed by atoms with Gasteiger partial charge in [-0.3, -0.25) is 19.5 Å². The molecule has 0 radical (unpaired) electrons. The molecular formula is C20H20FN5O3S2. The predicted molar refractivity (Wildman–Crippen MR) is 117 cm³/mol. The zero-order chi connectivity index (χ0) is 22.0. The standard InChI is InChI=1S/C20H20FN5O3S2/c1-2-14(18-11-30-20(25-18)26-31(28,29)13-4-5-13)19(27)24-16-6-3-12(9-15(16)21)17-10-22-7-8-23-17/h3,6-11,13-14H,2,4-5H2,1H3,(H,24,27)(H,25,26). The Morgan fingerprint density at radius 2 is 2.13 bits per heavy atom. The van der Waals surface area contributed by atoms with E-state index in [9.17, 15) is 17.6 Å². The molecule has 1 fully saturated rings. The monoisotopic (exact) mass is 461 g/mol. The molecule has 31 heavy (non-hydrogen) atoms. The van der Waals surface area contributed by atoms with Crippen LogP contribution in [0.3, 0.4) is 0 Å². The Kier molecular flexibility index (Phi) is 5.96. The number of carbonyl (C=O) groups is 1. The van der Waals surface area contributed by atoms with Crippen molar-refractivity contribution in [3.8, 4) is 11.3 Å². The molecule has 0 bridgehead atoms. The molecule has 8 nitrogen and oxygen atoms in total. The zero-order valence-corrected chi connectivity index (χ0v) is 18.2. The molecule has 3 aromatic rings. The maximum Gasteiger partial charge on any atom is 0.237 e. The highest BCUT2D eigenvalue weighted by molar-refractivity contribution is 7.93. The molecule has 0 aliphatic heterocycles. The lowest BCUT2D eigenvalue weighted by molar-refractivity contribution is -0.117. The van der Waals surface area contributed by atoms with Crippen LogP contribution in [0.5, 0.6) is 0 Å². The minimum atomic E-state index is -3.42. The van der Waals surface area contributed by atoms with Crippen molar-refractivity contribution in [3.05, 3.63) is 53.7 Å². The van der Waals surface area contributed by atoms with E-state index in [1.165, 1.54) is 30.7 Å². The fourth-order valence-corrected chi connectivity index (χ4v) is 5.41. The van der Waals surface area contributed by atoms with E-state index in [2.05, 4.69) is 25.0 Å². The fraction of sp³-hybridized carbons (Fsp3) is 0.300. The van der Waals surface area contributed by atoms with Crippen LogP contribution in [0.2, 0.25) is 0 Å². The number of rotatable bonds is 8. The van der Waals surface area contributed by atoms with Crippen LogP contribution in [0, 0.1) is 5.82 Å². The molecule has 1 unspecified atom stereocenters. The van der Waals surface area contributed by atoms with Gasteiger partial charge in [0.15, 0.2) is 5.13 Å². The average molecular weight is 462 g/mol. The summed E-state index contributed by atoms with van der Waals surface area (Å²) >= 11 is 1.12. The van der Waals surface area contributed by atoms with Gasteiger partial charge in [0.2, 0.25) is 15.9 Å². The number of anilines is 2. The summed E-state index contributed by atoms with van der Waals surface area (Å²) in [4.78, 5) is 25.2. The van der Waals surface area contributed by atoms with Crippen LogP contribution in [-0.4, -0.2) is 34.5 Å². The maximum absolute atomic E-state index is 14.6. The number of aromatic nitrogens is 3. The van der Waals surface area contributed by atoms with E-state index in [1.807, 2.05) is 6.92 Å². The second-order valence-electron chi connectivity index (χ2n) is 7.16. The van der Waals surface area contributed by atoms with Crippen molar-refractivity contribution >= 4 is 38.1 Å². The summed E-state index contributed by atoms with van der Waals surface area (Å²) in [5.74, 6) is -1.66. The van der Waals surface area contributed by atoms with Gasteiger partial charge in [0.05, 0.1) is 34.4 Å². The van der Waals surface area contributed by atoms with E-state index >= 15 is 0 Å². The highest BCUT2D eigenvalue weighted by Gasteiger charge is 2.36. The summed E-state index contributed by atoms with van der Waals surface area (Å²) < 4.78 is 41.2. The quantitative estimate of drug-likeness (QED) is 0.528. The molecule has 2 N–H and O–H groups in total. The molecular weight excluding hydrogens is 441 g/mol. The topological polar surface area (TPSA) is 114 Å². The van der Waals surface area contributed by atoms with Gasteiger partial charge in [-0.05, 0) is 31.4 Å². The number of carbonyl (C=O) groups excluding carboxylic acids is 1. The lowest BCUT2D eigenvalue weighted by Crippen LogP contribution is -2.22. The second kappa shape index (κ2) is 8.67. The van der Waals surface area contributed by atoms with Crippen molar-refractivity contribution in [2.24, 2.45) is 0 Å². The van der Waals surface area contributed by atoms with Gasteiger partial charge in [-0.25, -0.2) is 17.8 Å². The van der Waals surface area contributed by atoms with E-state index < -0.39 is 27.7 Å². The molecule has 2 aromatic heterocycles. The number of sulfonamides is 1. The van der Waals surface area contributed by atoms with E-state index in [0.29, 0.717) is 36.2 Å². The zero-order valence-electron chi connectivity index (χ0n) is 16.6. The first-order valence-electron chi connectivity index (χ1n) is 9.71. The number of nitrogens with zero attached hydrogens (tertiary/aromatic N) is 3. The lowest BCUT2D eigenvalue weighted by atomic mass is 10.0. The van der Waals surface area contributed by atoms with E-state index in [4.69, 9.17) is 0 Å². The number of benzene rings is 1. The summed E-state index contributed by atoms with van der Waals surface area (Å²) in [6.07, 6.45) is 6.28. The number of thiazole rings is 1. The van der Waals surface area contributed by atoms with Crippen LogP contribution in [0.15, 0.2) is 42.2 Å². The minimum absolute atomic E-state index is 0.0426. The first-order chi connectivity index (χ1) is 14.9. The van der Waals surface area contributed by atoms with Gasteiger partial charge in [-0.15, -0.1) is 11.3 Å². The van der Waals surface area contributed by atoms with Crippen molar-refractivity contribution in [3.63, 3.8) is 0 Å². The average Bonchev–Trinajstić information content (AvgIpc) is 3.53. The maximum atomic E-state index is 14.6. The SMILES string of the molecule is CCC(C(=O)Nc1ccc(-c2cnccn2)cc1F)c1csc(NS(=O)(=O)C2CC2)n1. The summed E-state index contributed by atoms with van der Waals surface area (Å²) in [6.45, 7) is 1.81. The molecule has 162 valence electrons. The first-order valence-corrected chi connectivity index (χ1v) is 12.1. The molecule has 1 atom stereocenters. The summed E-state index contributed by atoms with van der Waals surface area (Å²) in [6, 6.07) is 4.41. The molecule has 0 saturated heterocycles. The molecule has 1 aliphatic carbocycles. The Hall–Kier alpha value is -2.92. The normalized spacial score (nSPS) is 14.8. The van der Waals surface area contributed by atoms with Gasteiger partial charge in [0, 0.05) is 23.3 Å². The molecule has 1 saturated carbocycles. The van der Waals surface area contributed by atoms with Crippen LogP contribution < -0.4 is 10.0 Å². The third kappa shape index (κ3) is 4.88. The van der Waals surface area contributed by atoms with Crippen molar-refractivity contribution in [2.75, 3.05) is 10.0 Å². The van der Waals surface area contributed by atoms with E-state index in [0.717, 1.165) is 11.3 Å². The number of hydrogen-bond acceptors (Lipinski definition) is 7. The first kappa shape index (κ1) is 21.3. The molecule has 2 heterocycles. The van der Waals surface area contributed by atoms with Crippen molar-refractivity contribution < 1.29 is 17.6 Å². The Labute approximate surface area is 183 Å². The van der Waals surface area contributed by atoms with Crippen LogP contribution >= 0.6 is 11.3 Å². The highest BCUT2D eigenvalue weighted by Crippen LogP contribution is 2.32. The molecule has 1 aromatic carbocycles. The second-order valence-corrected chi connectivity index (χ2v) is 9.98. The Bertz CT molecular complexity index is 1200. The highest BCUT2D eigenvalue weighted by atomic mass is 32.2. The van der Waals surface area contributed by atoms with E-state index in [-0.39, 0.29) is 16.1 Å². The number of amides is 1. The Balaban J connectivity index is 1.47. The van der Waals surface area contributed by atoms with Gasteiger partial charge in [0.1, 0.15) is 5.82 Å². The number of halogens is 1. The third-order valence-electron chi connectivity index (χ3n) is 4.88. The Morgan fingerprint density at radius 3 is 2.77 bits per heavy atom. The van der Waals surface area contributed by atoms with Gasteiger partial charge in [-0.1, -0.05) is 13.0 Å². The van der Waals surface area contributed by atoms with Gasteiger partial charge >= 0.3 is 0 Å². The summed E-state index contributed by atoms with van der Waals surface area (Å²) in [5, 5.41) is 4.11. The molecule has 0 spiro atoms. The van der Waals surface area contributed by atoms with Crippen LogP contribution in [0.4, 0.5) is 15.2 Å². The summed E-state index contributed by atoms with van der Waals surface area (Å²) in [5.41, 5.74) is 1.55. The van der Waals surface area contributed by atoms with Crippen molar-refractivity contribution in [1.29, 1.82) is 0 Å². The number of hydrogen-bond donors (Lipinski definition) is 2. The van der Waals surface area contributed by atoms with E-state index in [1.54, 1.807) is 11.4 Å². The fourth-order valence-electron chi connectivity index (χ4n) is 3.05. The molecule has 11 heteroatoms. The van der Waals surface area contributed by atoms with Crippen molar-refractivity contribution in [2.45, 2.75) is 37.4 Å². The van der Waals surface area contributed by atoms with Crippen LogP contribution in [0.25, 0.3) is 11.3 Å². The smallest absolute Gasteiger partial charge is 0.237 e. The minimum Gasteiger partial charge on any atom is -0.323 e. The lowest BCUT2D eigenvalue weighted by Gasteiger charge is -2.14. The number of nitrogens with one attached hydrogen (secondary N) is 2. The molecule has 1 amide bonds.